The van der Waals surface area contributed by atoms with Crippen molar-refractivity contribution in [3.63, 3.8) is 0 Å². The smallest absolute Gasteiger partial charge is 0.261 e. The molecule has 1 N–H and O–H groups in total. The van der Waals surface area contributed by atoms with E-state index in [9.17, 15) is 4.79 Å². The first-order chi connectivity index (χ1) is 16.2. The molecule has 1 saturated heterocycles. The number of amides is 1. The van der Waals surface area contributed by atoms with Crippen molar-refractivity contribution in [3.05, 3.63) is 95.9 Å². The molecule has 7 heteroatoms. The zero-order valence-electron chi connectivity index (χ0n) is 18.6. The van der Waals surface area contributed by atoms with Crippen LogP contribution in [0.5, 0.6) is 0 Å². The molecule has 0 bridgehead atoms. The van der Waals surface area contributed by atoms with Gasteiger partial charge in [-0.05, 0) is 48.9 Å². The zero-order valence-corrected chi connectivity index (χ0v) is 18.6. The Labute approximate surface area is 193 Å². The lowest BCUT2D eigenvalue weighted by atomic mass is 10.2. The first-order valence-corrected chi connectivity index (χ1v) is 11.2. The minimum absolute atomic E-state index is 0.196. The van der Waals surface area contributed by atoms with Gasteiger partial charge in [-0.3, -0.25) is 9.69 Å². The fraction of sp³-hybridized carbons (Fsp3) is 0.231. The van der Waals surface area contributed by atoms with E-state index in [1.54, 1.807) is 10.9 Å². The van der Waals surface area contributed by atoms with Gasteiger partial charge in [0.05, 0.1) is 25.1 Å². The average molecular weight is 442 g/mol. The van der Waals surface area contributed by atoms with Gasteiger partial charge in [-0.15, -0.1) is 0 Å². The van der Waals surface area contributed by atoms with Crippen LogP contribution in [0.25, 0.3) is 11.5 Å². The summed E-state index contributed by atoms with van der Waals surface area (Å²) in [7, 11) is 0. The lowest BCUT2D eigenvalue weighted by Crippen LogP contribution is -2.35. The highest BCUT2D eigenvalue weighted by Gasteiger charge is 2.20. The Kier molecular flexibility index (Phi) is 6.06. The summed E-state index contributed by atoms with van der Waals surface area (Å²) in [5.41, 5.74) is 4.55. The van der Waals surface area contributed by atoms with Crippen molar-refractivity contribution in [2.75, 3.05) is 31.6 Å². The van der Waals surface area contributed by atoms with Crippen molar-refractivity contribution >= 4 is 11.6 Å². The molecule has 0 aliphatic carbocycles. The number of nitrogens with one attached hydrogen (secondary N) is 1. The van der Waals surface area contributed by atoms with E-state index in [-0.39, 0.29) is 5.91 Å². The summed E-state index contributed by atoms with van der Waals surface area (Å²) >= 11 is 0. The summed E-state index contributed by atoms with van der Waals surface area (Å²) in [6.07, 6.45) is 5.45. The van der Waals surface area contributed by atoms with Crippen LogP contribution in [0, 0.1) is 6.92 Å². The van der Waals surface area contributed by atoms with Gasteiger partial charge in [0.1, 0.15) is 5.56 Å². The molecule has 1 amide bonds. The van der Waals surface area contributed by atoms with E-state index >= 15 is 0 Å². The number of hydrogen-bond donors (Lipinski definition) is 1. The molecule has 168 valence electrons. The van der Waals surface area contributed by atoms with Crippen molar-refractivity contribution in [1.29, 1.82) is 0 Å². The van der Waals surface area contributed by atoms with Crippen LogP contribution < -0.4 is 5.32 Å². The lowest BCUT2D eigenvalue weighted by Gasteiger charge is -2.26. The molecule has 0 unspecified atom stereocenters. The Bertz CT molecular complexity index is 1200. The normalized spacial score (nSPS) is 14.3. The molecule has 2 aromatic carbocycles. The molecule has 4 aromatic rings. The number of morpholine rings is 1. The molecule has 3 heterocycles. The summed E-state index contributed by atoms with van der Waals surface area (Å²) in [5, 5.41) is 7.56. The van der Waals surface area contributed by atoms with Crippen LogP contribution in [0.15, 0.2) is 79.3 Å². The highest BCUT2D eigenvalue weighted by molar-refractivity contribution is 6.06. The monoisotopic (exact) mass is 441 g/mol. The van der Waals surface area contributed by atoms with E-state index in [0.717, 1.165) is 44.2 Å². The molecule has 1 fully saturated rings. The third-order valence-corrected chi connectivity index (χ3v) is 5.84. The number of anilines is 1. The van der Waals surface area contributed by atoms with Crippen LogP contribution in [-0.2, 0) is 11.3 Å². The Morgan fingerprint density at radius 3 is 2.39 bits per heavy atom. The van der Waals surface area contributed by atoms with Gasteiger partial charge in [-0.1, -0.05) is 29.8 Å². The molecular weight excluding hydrogens is 414 g/mol. The molecule has 7 nitrogen and oxygen atoms in total. The molecule has 0 radical (unpaired) electrons. The van der Waals surface area contributed by atoms with Gasteiger partial charge in [-0.25, -0.2) is 4.68 Å². The molecule has 0 spiro atoms. The van der Waals surface area contributed by atoms with Crippen LogP contribution in [0.4, 0.5) is 5.69 Å². The Hall–Kier alpha value is -3.68. The highest BCUT2D eigenvalue weighted by atomic mass is 16.5. The second-order valence-electron chi connectivity index (χ2n) is 8.26. The number of aryl methyl sites for hydroxylation is 1. The minimum Gasteiger partial charge on any atom is -0.379 e. The van der Waals surface area contributed by atoms with E-state index in [0.29, 0.717) is 11.4 Å². The largest absolute Gasteiger partial charge is 0.379 e. The topological polar surface area (TPSA) is 64.3 Å². The Morgan fingerprint density at radius 1 is 1.00 bits per heavy atom. The number of rotatable bonds is 6. The number of carbonyl (C=O) groups excluding carboxylic acids is 1. The highest BCUT2D eigenvalue weighted by Crippen LogP contribution is 2.22. The van der Waals surface area contributed by atoms with Crippen LogP contribution in [0.3, 0.4) is 0 Å². The van der Waals surface area contributed by atoms with Gasteiger partial charge in [0.2, 0.25) is 0 Å². The van der Waals surface area contributed by atoms with Gasteiger partial charge in [0.15, 0.2) is 5.82 Å². The maximum Gasteiger partial charge on any atom is 0.261 e. The SMILES string of the molecule is Cc1ccc(-n2ncc(C(=O)Nc3ccc(CN4CCOCC4)cc3)c2-n2cccc2)cc1. The van der Waals surface area contributed by atoms with E-state index < -0.39 is 0 Å². The van der Waals surface area contributed by atoms with Crippen molar-refractivity contribution < 1.29 is 9.53 Å². The average Bonchev–Trinajstić information content (AvgIpc) is 3.51. The van der Waals surface area contributed by atoms with Crippen LogP contribution >= 0.6 is 0 Å². The minimum atomic E-state index is -0.196. The number of aromatic nitrogens is 3. The predicted molar refractivity (Wildman–Crippen MR) is 128 cm³/mol. The summed E-state index contributed by atoms with van der Waals surface area (Å²) in [4.78, 5) is 15.6. The number of carbonyl (C=O) groups is 1. The lowest BCUT2D eigenvalue weighted by molar-refractivity contribution is 0.0342. The molecule has 5 rings (SSSR count). The number of nitrogens with zero attached hydrogens (tertiary/aromatic N) is 4. The fourth-order valence-corrected chi connectivity index (χ4v) is 4.01. The summed E-state index contributed by atoms with van der Waals surface area (Å²) in [6.45, 7) is 6.41. The van der Waals surface area contributed by atoms with Crippen LogP contribution in [0.1, 0.15) is 21.5 Å². The second kappa shape index (κ2) is 9.44. The van der Waals surface area contributed by atoms with Crippen molar-refractivity contribution in [1.82, 2.24) is 19.2 Å². The predicted octanol–water partition coefficient (Wildman–Crippen LogP) is 4.06. The molecule has 33 heavy (non-hydrogen) atoms. The van der Waals surface area contributed by atoms with Gasteiger partial charge in [0, 0.05) is 37.7 Å². The third-order valence-electron chi connectivity index (χ3n) is 5.84. The summed E-state index contributed by atoms with van der Waals surface area (Å²) in [5.74, 6) is 0.503. The first-order valence-electron chi connectivity index (χ1n) is 11.2. The van der Waals surface area contributed by atoms with Gasteiger partial charge >= 0.3 is 0 Å². The van der Waals surface area contributed by atoms with Gasteiger partial charge < -0.3 is 14.6 Å². The first kappa shape index (κ1) is 21.2. The molecule has 2 aromatic heterocycles. The Balaban J connectivity index is 1.37. The number of ether oxygens (including phenoxy) is 1. The number of hydrogen-bond acceptors (Lipinski definition) is 4. The maximum absolute atomic E-state index is 13.2. The molecule has 0 saturated carbocycles. The molecule has 1 aliphatic rings. The van der Waals surface area contributed by atoms with Crippen LogP contribution in [-0.4, -0.2) is 51.5 Å². The van der Waals surface area contributed by atoms with Crippen molar-refractivity contribution in [2.45, 2.75) is 13.5 Å². The van der Waals surface area contributed by atoms with E-state index in [2.05, 4.69) is 27.4 Å². The Morgan fingerprint density at radius 2 is 1.70 bits per heavy atom. The number of benzene rings is 2. The molecular formula is C26H27N5O2. The maximum atomic E-state index is 13.2. The van der Waals surface area contributed by atoms with E-state index in [1.165, 1.54) is 11.1 Å². The van der Waals surface area contributed by atoms with Gasteiger partial charge in [-0.2, -0.15) is 5.10 Å². The molecule has 0 atom stereocenters. The fourth-order valence-electron chi connectivity index (χ4n) is 4.01. The zero-order chi connectivity index (χ0) is 22.6. The van der Waals surface area contributed by atoms with E-state index in [1.807, 2.05) is 72.4 Å². The van der Waals surface area contributed by atoms with Crippen molar-refractivity contribution in [3.8, 4) is 11.5 Å². The summed E-state index contributed by atoms with van der Waals surface area (Å²) < 4.78 is 9.12. The summed E-state index contributed by atoms with van der Waals surface area (Å²) in [6, 6.07) is 20.0. The quantitative estimate of drug-likeness (QED) is 0.490. The second-order valence-corrected chi connectivity index (χ2v) is 8.26. The van der Waals surface area contributed by atoms with Gasteiger partial charge in [0.25, 0.3) is 5.91 Å². The van der Waals surface area contributed by atoms with E-state index in [4.69, 9.17) is 4.74 Å². The van der Waals surface area contributed by atoms with Crippen molar-refractivity contribution in [2.24, 2.45) is 0 Å². The third kappa shape index (κ3) is 4.74. The standard InChI is InChI=1S/C26H27N5O2/c1-20-4-10-23(11-5-20)31-26(30-12-2-3-13-30)24(18-27-31)25(32)28-22-8-6-21(7-9-22)19-29-14-16-33-17-15-29/h2-13,18H,14-17,19H2,1H3,(H,28,32). The molecule has 1 aliphatic heterocycles. The van der Waals surface area contributed by atoms with Crippen LogP contribution in [0.2, 0.25) is 0 Å².